The molecule has 2 rings (SSSR count). The second-order valence-electron chi connectivity index (χ2n) is 4.17. The molecule has 1 amide bonds. The first kappa shape index (κ1) is 14.3. The number of amides is 1. The van der Waals surface area contributed by atoms with Crippen molar-refractivity contribution in [1.82, 2.24) is 0 Å². The minimum absolute atomic E-state index is 0.0103. The summed E-state index contributed by atoms with van der Waals surface area (Å²) in [6.07, 6.45) is 0. The monoisotopic (exact) mass is 284 g/mol. The van der Waals surface area contributed by atoms with Crippen LogP contribution in [0.3, 0.4) is 0 Å². The van der Waals surface area contributed by atoms with Crippen LogP contribution in [0.1, 0.15) is 31.1 Å². The van der Waals surface area contributed by atoms with E-state index in [0.29, 0.717) is 0 Å². The van der Waals surface area contributed by atoms with Crippen molar-refractivity contribution in [3.63, 3.8) is 0 Å². The largest absolute Gasteiger partial charge is 0.478 e. The summed E-state index contributed by atoms with van der Waals surface area (Å²) in [5.74, 6) is -3.22. The maximum Gasteiger partial charge on any atom is 0.386 e. The van der Waals surface area contributed by atoms with Gasteiger partial charge in [-0.25, -0.2) is 14.7 Å². The zero-order chi connectivity index (χ0) is 15.4. The van der Waals surface area contributed by atoms with Gasteiger partial charge in [-0.3, -0.25) is 4.79 Å². The van der Waals surface area contributed by atoms with Crippen molar-refractivity contribution >= 4 is 23.5 Å². The number of anilines is 1. The molecule has 2 aromatic carbocycles. The molecule has 105 valence electrons. The third-order valence-electron chi connectivity index (χ3n) is 2.76. The Bertz CT molecular complexity index is 724. The highest BCUT2D eigenvalue weighted by molar-refractivity contribution is 6.10. The molecule has 21 heavy (non-hydrogen) atoms. The molecule has 6 nitrogen and oxygen atoms in total. The van der Waals surface area contributed by atoms with Crippen LogP contribution in [-0.4, -0.2) is 23.0 Å². The molecule has 2 aromatic rings. The SMILES string of the molecule is [O]C(=O)c1cccc(NC(=O)c2ccccc2C(=O)O)c1. The Kier molecular flexibility index (Phi) is 3.99. The van der Waals surface area contributed by atoms with Crippen LogP contribution < -0.4 is 5.32 Å². The summed E-state index contributed by atoms with van der Waals surface area (Å²) in [6.45, 7) is 0. The molecule has 0 heterocycles. The number of hydrogen-bond acceptors (Lipinski definition) is 3. The molecule has 6 heteroatoms. The highest BCUT2D eigenvalue weighted by Gasteiger charge is 2.16. The third-order valence-corrected chi connectivity index (χ3v) is 2.76. The van der Waals surface area contributed by atoms with Crippen molar-refractivity contribution in [3.8, 4) is 0 Å². The van der Waals surface area contributed by atoms with Crippen LogP contribution in [0.4, 0.5) is 5.69 Å². The van der Waals surface area contributed by atoms with E-state index in [1.165, 1.54) is 42.5 Å². The van der Waals surface area contributed by atoms with E-state index >= 15 is 0 Å². The van der Waals surface area contributed by atoms with Crippen molar-refractivity contribution in [2.24, 2.45) is 0 Å². The van der Waals surface area contributed by atoms with Gasteiger partial charge in [0.2, 0.25) is 0 Å². The molecular weight excluding hydrogens is 274 g/mol. The van der Waals surface area contributed by atoms with Crippen LogP contribution in [0.5, 0.6) is 0 Å². The Morgan fingerprint density at radius 3 is 2.19 bits per heavy atom. The number of carboxylic acids is 1. The van der Waals surface area contributed by atoms with E-state index in [9.17, 15) is 19.5 Å². The maximum absolute atomic E-state index is 12.1. The lowest BCUT2D eigenvalue weighted by Gasteiger charge is -2.08. The van der Waals surface area contributed by atoms with Gasteiger partial charge in [-0.1, -0.05) is 18.2 Å². The zero-order valence-electron chi connectivity index (χ0n) is 10.7. The van der Waals surface area contributed by atoms with Gasteiger partial charge in [0.15, 0.2) is 0 Å². The molecule has 2 N–H and O–H groups in total. The van der Waals surface area contributed by atoms with Crippen molar-refractivity contribution < 1.29 is 24.6 Å². The fraction of sp³-hybridized carbons (Fsp3) is 0. The second-order valence-corrected chi connectivity index (χ2v) is 4.17. The van der Waals surface area contributed by atoms with Gasteiger partial charge >= 0.3 is 11.9 Å². The van der Waals surface area contributed by atoms with E-state index in [2.05, 4.69) is 5.32 Å². The molecule has 0 aliphatic carbocycles. The Labute approximate surface area is 119 Å². The normalized spacial score (nSPS) is 9.90. The average molecular weight is 284 g/mol. The highest BCUT2D eigenvalue weighted by Crippen LogP contribution is 2.15. The first-order valence-corrected chi connectivity index (χ1v) is 5.94. The van der Waals surface area contributed by atoms with E-state index in [1.807, 2.05) is 0 Å². The summed E-state index contributed by atoms with van der Waals surface area (Å²) >= 11 is 0. The summed E-state index contributed by atoms with van der Waals surface area (Å²) in [4.78, 5) is 33.9. The van der Waals surface area contributed by atoms with Gasteiger partial charge in [-0.15, -0.1) is 0 Å². The number of carbonyl (C=O) groups is 3. The number of nitrogens with one attached hydrogen (secondary N) is 1. The lowest BCUT2D eigenvalue weighted by Crippen LogP contribution is -2.16. The topological polar surface area (TPSA) is 103 Å². The molecule has 0 bridgehead atoms. The van der Waals surface area contributed by atoms with Gasteiger partial charge in [-0.05, 0) is 30.3 Å². The van der Waals surface area contributed by atoms with Gasteiger partial charge in [0.25, 0.3) is 5.91 Å². The van der Waals surface area contributed by atoms with Gasteiger partial charge in [0.1, 0.15) is 0 Å². The highest BCUT2D eigenvalue weighted by atomic mass is 16.4. The van der Waals surface area contributed by atoms with Crippen LogP contribution in [-0.2, 0) is 5.11 Å². The first-order valence-electron chi connectivity index (χ1n) is 5.94. The fourth-order valence-corrected chi connectivity index (χ4v) is 1.79. The van der Waals surface area contributed by atoms with E-state index in [0.717, 1.165) is 0 Å². The van der Waals surface area contributed by atoms with E-state index in [4.69, 9.17) is 5.11 Å². The number of hydrogen-bond donors (Lipinski definition) is 2. The van der Waals surface area contributed by atoms with Crippen molar-refractivity contribution in [2.45, 2.75) is 0 Å². The van der Waals surface area contributed by atoms with Gasteiger partial charge < -0.3 is 10.4 Å². The van der Waals surface area contributed by atoms with Crippen LogP contribution in [0.25, 0.3) is 0 Å². The molecule has 0 saturated heterocycles. The maximum atomic E-state index is 12.1. The number of benzene rings is 2. The quantitative estimate of drug-likeness (QED) is 0.898. The molecule has 0 spiro atoms. The predicted octanol–water partition coefficient (Wildman–Crippen LogP) is 2.21. The molecule has 0 aliphatic rings. The van der Waals surface area contributed by atoms with Crippen molar-refractivity contribution in [3.05, 3.63) is 65.2 Å². The lowest BCUT2D eigenvalue weighted by atomic mass is 10.1. The van der Waals surface area contributed by atoms with E-state index < -0.39 is 17.8 Å². The first-order chi connectivity index (χ1) is 9.99. The smallest absolute Gasteiger partial charge is 0.386 e. The van der Waals surface area contributed by atoms with Gasteiger partial charge in [0.05, 0.1) is 16.7 Å². The van der Waals surface area contributed by atoms with Crippen molar-refractivity contribution in [1.29, 1.82) is 0 Å². The molecule has 0 aliphatic heterocycles. The number of rotatable bonds is 4. The Morgan fingerprint density at radius 1 is 0.905 bits per heavy atom. The van der Waals surface area contributed by atoms with Gasteiger partial charge in [-0.2, -0.15) is 0 Å². The molecule has 0 atom stereocenters. The summed E-state index contributed by atoms with van der Waals surface area (Å²) in [7, 11) is 0. The van der Waals surface area contributed by atoms with Gasteiger partial charge in [0, 0.05) is 5.69 Å². The van der Waals surface area contributed by atoms with Crippen LogP contribution in [0, 0.1) is 0 Å². The number of carboxylic acid groups (broad SMARTS) is 1. The molecular formula is C15H10NO5. The average Bonchev–Trinajstić information content (AvgIpc) is 2.47. The lowest BCUT2D eigenvalue weighted by molar-refractivity contribution is 0.0572. The minimum atomic E-state index is -1.36. The Balaban J connectivity index is 2.28. The molecule has 0 unspecified atom stereocenters. The molecule has 0 saturated carbocycles. The minimum Gasteiger partial charge on any atom is -0.478 e. The molecule has 0 fully saturated rings. The molecule has 0 aromatic heterocycles. The molecule has 1 radical (unpaired) electrons. The summed E-state index contributed by atoms with van der Waals surface area (Å²) in [5, 5.41) is 22.2. The Hall–Kier alpha value is -3.15. The predicted molar refractivity (Wildman–Crippen MR) is 72.8 cm³/mol. The van der Waals surface area contributed by atoms with E-state index in [1.54, 1.807) is 6.07 Å². The van der Waals surface area contributed by atoms with Crippen molar-refractivity contribution in [2.75, 3.05) is 5.32 Å². The second kappa shape index (κ2) is 5.87. The number of carbonyl (C=O) groups excluding carboxylic acids is 2. The summed E-state index contributed by atoms with van der Waals surface area (Å²) in [5.41, 5.74) is 0.0103. The summed E-state index contributed by atoms with van der Waals surface area (Å²) < 4.78 is 0. The zero-order valence-corrected chi connectivity index (χ0v) is 10.7. The van der Waals surface area contributed by atoms with Crippen LogP contribution in [0.15, 0.2) is 48.5 Å². The Morgan fingerprint density at radius 2 is 1.57 bits per heavy atom. The third kappa shape index (κ3) is 3.24. The van der Waals surface area contributed by atoms with E-state index in [-0.39, 0.29) is 22.4 Å². The number of aromatic carboxylic acids is 1. The standard InChI is InChI=1S/C15H10NO5/c17-13(11-6-1-2-7-12(11)15(20)21)16-10-5-3-4-9(8-10)14(18)19/h1-8H,(H,16,17)(H,20,21). The van der Waals surface area contributed by atoms with Crippen LogP contribution in [0.2, 0.25) is 0 Å². The fourth-order valence-electron chi connectivity index (χ4n) is 1.79. The van der Waals surface area contributed by atoms with Crippen LogP contribution >= 0.6 is 0 Å². The summed E-state index contributed by atoms with van der Waals surface area (Å²) in [6, 6.07) is 11.2.